The Kier molecular flexibility index (Phi) is 5.65. The number of amides is 1. The van der Waals surface area contributed by atoms with Gasteiger partial charge in [0.05, 0.1) is 28.6 Å². The lowest BCUT2D eigenvalue weighted by molar-refractivity contribution is -0.0381. The molecule has 0 radical (unpaired) electrons. The van der Waals surface area contributed by atoms with Crippen LogP contribution in [0.4, 0.5) is 10.6 Å². The molecule has 7 nitrogen and oxygen atoms in total. The first kappa shape index (κ1) is 24.2. The van der Waals surface area contributed by atoms with Crippen molar-refractivity contribution in [1.82, 2.24) is 14.9 Å². The number of anilines is 1. The lowest BCUT2D eigenvalue weighted by Gasteiger charge is -2.56. The minimum absolute atomic E-state index is 0.0307. The van der Waals surface area contributed by atoms with Gasteiger partial charge < -0.3 is 9.64 Å². The zero-order valence-corrected chi connectivity index (χ0v) is 22.9. The minimum Gasteiger partial charge on any atom is -0.444 e. The number of carbonyl (C=O) groups excluding carboxylic acids is 1. The first-order chi connectivity index (χ1) is 17.0. The number of piperazine rings is 1. The fourth-order valence-electron chi connectivity index (χ4n) is 6.71. The van der Waals surface area contributed by atoms with E-state index in [2.05, 4.69) is 17.0 Å². The second kappa shape index (κ2) is 8.42. The van der Waals surface area contributed by atoms with Gasteiger partial charge >= 0.3 is 6.09 Å². The van der Waals surface area contributed by atoms with Crippen molar-refractivity contribution in [2.45, 2.75) is 87.6 Å². The van der Waals surface area contributed by atoms with Gasteiger partial charge in [0.2, 0.25) is 5.16 Å². The summed E-state index contributed by atoms with van der Waals surface area (Å²) < 4.78 is 18.2. The summed E-state index contributed by atoms with van der Waals surface area (Å²) in [6, 6.07) is 6.48. The quantitative estimate of drug-likeness (QED) is 0.536. The molecule has 5 aliphatic rings. The molecule has 9 heteroatoms. The van der Waals surface area contributed by atoms with Gasteiger partial charge in [-0.2, -0.15) is 0 Å². The molecule has 7 rings (SSSR count). The van der Waals surface area contributed by atoms with Gasteiger partial charge in [-0.15, -0.1) is 0 Å². The lowest BCUT2D eigenvalue weighted by Crippen LogP contribution is -2.70. The van der Waals surface area contributed by atoms with E-state index in [9.17, 15) is 9.00 Å². The molecule has 3 aliphatic heterocycles. The van der Waals surface area contributed by atoms with E-state index in [0.29, 0.717) is 18.2 Å². The van der Waals surface area contributed by atoms with Gasteiger partial charge in [0.15, 0.2) is 0 Å². The summed E-state index contributed by atoms with van der Waals surface area (Å²) in [6.45, 7) is 7.11. The van der Waals surface area contributed by atoms with Crippen molar-refractivity contribution >= 4 is 34.3 Å². The molecule has 2 bridgehead atoms. The third kappa shape index (κ3) is 3.92. The van der Waals surface area contributed by atoms with Gasteiger partial charge in [0.1, 0.15) is 11.4 Å². The predicted molar refractivity (Wildman–Crippen MR) is 140 cm³/mol. The molecular weight excluding hydrogens is 496 g/mol. The summed E-state index contributed by atoms with van der Waals surface area (Å²) in [7, 11) is -1.28. The molecular formula is C27H33ClN4O3S. The maximum absolute atomic E-state index is 12.8. The van der Waals surface area contributed by atoms with E-state index in [-0.39, 0.29) is 23.6 Å². The molecule has 3 saturated heterocycles. The Balaban J connectivity index is 1.30. The molecule has 1 aromatic carbocycles. The minimum atomic E-state index is -1.28. The molecule has 4 unspecified atom stereocenters. The lowest BCUT2D eigenvalue weighted by atomic mass is 9.69. The highest BCUT2D eigenvalue weighted by Crippen LogP contribution is 2.50. The Bertz CT molecular complexity index is 1270. The van der Waals surface area contributed by atoms with E-state index in [1.807, 2.05) is 31.7 Å². The fraction of sp³-hybridized carbons (Fsp3) is 0.593. The van der Waals surface area contributed by atoms with E-state index in [4.69, 9.17) is 26.3 Å². The molecule has 2 aromatic rings. The average Bonchev–Trinajstić information content (AvgIpc) is 3.15. The first-order valence-electron chi connectivity index (χ1n) is 12.8. The molecule has 2 aliphatic carbocycles. The van der Waals surface area contributed by atoms with Crippen LogP contribution < -0.4 is 4.90 Å². The molecule has 4 atom stereocenters. The van der Waals surface area contributed by atoms with E-state index < -0.39 is 16.4 Å². The highest BCUT2D eigenvalue weighted by Gasteiger charge is 2.50. The first-order valence-corrected chi connectivity index (χ1v) is 14.8. The summed E-state index contributed by atoms with van der Waals surface area (Å²) >= 11 is 6.54. The van der Waals surface area contributed by atoms with Crippen molar-refractivity contribution in [2.75, 3.05) is 24.2 Å². The maximum Gasteiger partial charge on any atom is 0.410 e. The smallest absolute Gasteiger partial charge is 0.410 e. The number of ether oxygens (including phenoxy) is 1. The van der Waals surface area contributed by atoms with Crippen LogP contribution in [0.5, 0.6) is 0 Å². The van der Waals surface area contributed by atoms with Gasteiger partial charge in [0, 0.05) is 35.3 Å². The van der Waals surface area contributed by atoms with Crippen LogP contribution in [0, 0.1) is 0 Å². The number of aromatic nitrogens is 2. The third-order valence-corrected chi connectivity index (χ3v) is 9.36. The molecule has 3 fully saturated rings. The van der Waals surface area contributed by atoms with Crippen LogP contribution in [-0.4, -0.2) is 62.2 Å². The van der Waals surface area contributed by atoms with Crippen LogP contribution in [0.1, 0.15) is 62.4 Å². The number of benzene rings is 1. The Morgan fingerprint density at radius 2 is 1.83 bits per heavy atom. The van der Waals surface area contributed by atoms with E-state index in [1.54, 1.807) is 6.26 Å². The number of fused-ring (bicyclic) bond motifs is 5. The van der Waals surface area contributed by atoms with Crippen molar-refractivity contribution in [3.63, 3.8) is 0 Å². The fourth-order valence-corrected chi connectivity index (χ4v) is 7.43. The molecule has 1 spiro atoms. The van der Waals surface area contributed by atoms with Crippen LogP contribution in [0.2, 0.25) is 5.02 Å². The monoisotopic (exact) mass is 528 g/mol. The normalized spacial score (nSPS) is 27.4. The Hall–Kier alpha value is -2.19. The van der Waals surface area contributed by atoms with Crippen molar-refractivity contribution in [3.05, 3.63) is 45.6 Å². The molecule has 192 valence electrons. The van der Waals surface area contributed by atoms with E-state index in [0.717, 1.165) is 55.1 Å². The average molecular weight is 529 g/mol. The molecule has 1 amide bonds. The van der Waals surface area contributed by atoms with E-state index >= 15 is 0 Å². The van der Waals surface area contributed by atoms with Gasteiger partial charge in [-0.1, -0.05) is 23.7 Å². The van der Waals surface area contributed by atoms with Crippen LogP contribution in [0.25, 0.3) is 0 Å². The van der Waals surface area contributed by atoms with Crippen molar-refractivity contribution in [2.24, 2.45) is 0 Å². The number of piperidine rings is 1. The summed E-state index contributed by atoms with van der Waals surface area (Å²) in [5.74, 6) is 0.905. The number of halogens is 1. The van der Waals surface area contributed by atoms with Gasteiger partial charge in [-0.05, 0) is 76.5 Å². The molecule has 0 saturated carbocycles. The number of nitrogens with zero attached hydrogens (tertiary/aromatic N) is 4. The van der Waals surface area contributed by atoms with Crippen molar-refractivity contribution < 1.29 is 13.7 Å². The zero-order chi connectivity index (χ0) is 25.4. The summed E-state index contributed by atoms with van der Waals surface area (Å²) in [5, 5.41) is 1.25. The van der Waals surface area contributed by atoms with Gasteiger partial charge in [-0.25, -0.2) is 14.8 Å². The van der Waals surface area contributed by atoms with Crippen LogP contribution in [0.3, 0.4) is 0 Å². The SMILES string of the molecule is CS(=O)c1nc2c(c(N3CC4CC(C3)N4C(=O)OC(C)(C)C)n1)CCC1(CCc3c(Cl)cccc31)C2. The number of hydrogen-bond donors (Lipinski definition) is 0. The Morgan fingerprint density at radius 3 is 2.50 bits per heavy atom. The van der Waals surface area contributed by atoms with Crippen LogP contribution in [-0.2, 0) is 40.2 Å². The van der Waals surface area contributed by atoms with E-state index in [1.165, 1.54) is 16.7 Å². The van der Waals surface area contributed by atoms with Crippen LogP contribution in [0.15, 0.2) is 23.4 Å². The summed E-state index contributed by atoms with van der Waals surface area (Å²) in [6.07, 6.45) is 7.18. The third-order valence-electron chi connectivity index (χ3n) is 8.31. The highest BCUT2D eigenvalue weighted by atomic mass is 35.5. The number of rotatable bonds is 2. The largest absolute Gasteiger partial charge is 0.444 e. The highest BCUT2D eigenvalue weighted by molar-refractivity contribution is 7.84. The maximum atomic E-state index is 12.8. The van der Waals surface area contributed by atoms with Gasteiger partial charge in [0.25, 0.3) is 0 Å². The molecule has 36 heavy (non-hydrogen) atoms. The second-order valence-corrected chi connectivity index (χ2v) is 13.4. The molecule has 1 aromatic heterocycles. The molecule has 4 heterocycles. The summed E-state index contributed by atoms with van der Waals surface area (Å²) in [4.78, 5) is 26.6. The van der Waals surface area contributed by atoms with Crippen molar-refractivity contribution in [3.8, 4) is 0 Å². The Labute approximate surface area is 220 Å². The number of carbonyl (C=O) groups is 1. The van der Waals surface area contributed by atoms with Crippen molar-refractivity contribution in [1.29, 1.82) is 0 Å². The zero-order valence-electron chi connectivity index (χ0n) is 21.3. The van der Waals surface area contributed by atoms with Crippen LogP contribution >= 0.6 is 11.6 Å². The van der Waals surface area contributed by atoms with Gasteiger partial charge in [-0.3, -0.25) is 9.11 Å². The standard InChI is InChI=1S/C27H33ClN4O3S/c1-26(2,3)35-25(33)32-16-12-17(32)15-31(14-16)23-19-9-11-27(13-22(19)29-24(30-23)36(4)34)10-8-18-20(27)6-5-7-21(18)28/h5-7,16-17H,8-15H2,1-4H3. The Morgan fingerprint density at radius 1 is 1.14 bits per heavy atom. The topological polar surface area (TPSA) is 75.6 Å². The summed E-state index contributed by atoms with van der Waals surface area (Å²) in [5.41, 5.74) is 4.35. The second-order valence-electron chi connectivity index (χ2n) is 11.8. The predicted octanol–water partition coefficient (Wildman–Crippen LogP) is 4.44. The number of hydrogen-bond acceptors (Lipinski definition) is 6. The molecule has 0 N–H and O–H groups in total.